The van der Waals surface area contributed by atoms with Crippen LogP contribution in [0.1, 0.15) is 49.8 Å². The molecule has 0 fully saturated rings. The van der Waals surface area contributed by atoms with Crippen molar-refractivity contribution >= 4 is 16.0 Å². The standard InChI is InChI=1S/C23H24N6O4S/c1-14-6-22(26-10-17(14)7-24)29-12-16(9-27-29)8-25-11-21(28-34(3,31)32)18-4-5-19-20(15(18)2)13-33-23(19)30/h4-6,9-10,12,21,25,28H,8,11,13H2,1-3H3/t21-/m0/s1. The zero-order valence-corrected chi connectivity index (χ0v) is 19.8. The first-order valence-electron chi connectivity index (χ1n) is 10.5. The lowest BCUT2D eigenvalue weighted by Gasteiger charge is -2.21. The van der Waals surface area contributed by atoms with Crippen molar-refractivity contribution in [2.24, 2.45) is 0 Å². The molecule has 0 bridgehead atoms. The number of ether oxygens (including phenoxy) is 1. The topological polar surface area (TPSA) is 139 Å². The van der Waals surface area contributed by atoms with Crippen molar-refractivity contribution in [2.45, 2.75) is 33.0 Å². The minimum atomic E-state index is -3.49. The number of hydrogen-bond acceptors (Lipinski definition) is 8. The highest BCUT2D eigenvalue weighted by Gasteiger charge is 2.27. The number of esters is 1. The Morgan fingerprint density at radius 3 is 2.79 bits per heavy atom. The van der Waals surface area contributed by atoms with Crippen molar-refractivity contribution in [3.05, 3.63) is 75.7 Å². The fourth-order valence-corrected chi connectivity index (χ4v) is 4.67. The molecule has 10 nitrogen and oxygen atoms in total. The lowest BCUT2D eigenvalue weighted by molar-refractivity contribution is 0.0535. The monoisotopic (exact) mass is 480 g/mol. The molecule has 3 heterocycles. The highest BCUT2D eigenvalue weighted by atomic mass is 32.2. The fourth-order valence-electron chi connectivity index (χ4n) is 3.94. The Balaban J connectivity index is 1.48. The predicted octanol–water partition coefficient (Wildman–Crippen LogP) is 1.81. The summed E-state index contributed by atoms with van der Waals surface area (Å²) < 4.78 is 33.5. The Kier molecular flexibility index (Phi) is 6.47. The number of aromatic nitrogens is 3. The summed E-state index contributed by atoms with van der Waals surface area (Å²) in [6.45, 7) is 4.66. The van der Waals surface area contributed by atoms with Crippen LogP contribution < -0.4 is 10.0 Å². The van der Waals surface area contributed by atoms with Crippen LogP contribution in [0.2, 0.25) is 0 Å². The van der Waals surface area contributed by atoms with E-state index in [-0.39, 0.29) is 12.6 Å². The average molecular weight is 481 g/mol. The molecule has 1 atom stereocenters. The Bertz CT molecular complexity index is 1410. The number of hydrogen-bond donors (Lipinski definition) is 2. The summed E-state index contributed by atoms with van der Waals surface area (Å²) in [6, 6.07) is 6.80. The van der Waals surface area contributed by atoms with E-state index in [0.29, 0.717) is 30.0 Å². The third-order valence-corrected chi connectivity index (χ3v) is 6.42. The van der Waals surface area contributed by atoms with Crippen molar-refractivity contribution < 1.29 is 17.9 Å². The number of fused-ring (bicyclic) bond motifs is 1. The number of benzene rings is 1. The van der Waals surface area contributed by atoms with Crippen LogP contribution in [0.3, 0.4) is 0 Å². The number of carbonyl (C=O) groups excluding carboxylic acids is 1. The van der Waals surface area contributed by atoms with Gasteiger partial charge in [-0.15, -0.1) is 0 Å². The Labute approximate surface area is 197 Å². The SMILES string of the molecule is Cc1cc(-n2cc(CNC[C@H](NS(C)(=O)=O)c3ccc4c(c3C)COC4=O)cn2)ncc1C#N. The first-order valence-corrected chi connectivity index (χ1v) is 12.4. The van der Waals surface area contributed by atoms with Crippen LogP contribution in [-0.4, -0.2) is 42.0 Å². The third kappa shape index (κ3) is 4.99. The van der Waals surface area contributed by atoms with E-state index in [9.17, 15) is 13.2 Å². The van der Waals surface area contributed by atoms with Gasteiger partial charge in [0.25, 0.3) is 0 Å². The molecule has 0 saturated heterocycles. The van der Waals surface area contributed by atoms with E-state index < -0.39 is 16.1 Å². The molecule has 0 amide bonds. The Hall–Kier alpha value is -3.59. The van der Waals surface area contributed by atoms with E-state index in [2.05, 4.69) is 26.2 Å². The molecule has 11 heteroatoms. The molecule has 0 unspecified atom stereocenters. The van der Waals surface area contributed by atoms with Crippen molar-refractivity contribution in [3.63, 3.8) is 0 Å². The maximum atomic E-state index is 12.0. The lowest BCUT2D eigenvalue weighted by atomic mass is 9.94. The van der Waals surface area contributed by atoms with Gasteiger partial charge in [-0.1, -0.05) is 6.07 Å². The molecule has 2 N–H and O–H groups in total. The summed E-state index contributed by atoms with van der Waals surface area (Å²) in [5.41, 5.74) is 5.13. The van der Waals surface area contributed by atoms with Crippen molar-refractivity contribution in [1.82, 2.24) is 24.8 Å². The molecule has 4 rings (SSSR count). The van der Waals surface area contributed by atoms with Gasteiger partial charge in [0.15, 0.2) is 5.82 Å². The summed E-state index contributed by atoms with van der Waals surface area (Å²) in [6.07, 6.45) is 6.16. The van der Waals surface area contributed by atoms with Gasteiger partial charge in [0.1, 0.15) is 12.7 Å². The molecule has 3 aromatic rings. The summed E-state index contributed by atoms with van der Waals surface area (Å²) in [7, 11) is -3.49. The van der Waals surface area contributed by atoms with Crippen LogP contribution in [0.25, 0.3) is 5.82 Å². The van der Waals surface area contributed by atoms with E-state index in [1.165, 1.54) is 6.20 Å². The number of cyclic esters (lactones) is 1. The lowest BCUT2D eigenvalue weighted by Crippen LogP contribution is -2.35. The van der Waals surface area contributed by atoms with Crippen LogP contribution in [0.5, 0.6) is 0 Å². The second kappa shape index (κ2) is 9.34. The summed E-state index contributed by atoms with van der Waals surface area (Å²) >= 11 is 0. The van der Waals surface area contributed by atoms with Crippen molar-refractivity contribution in [3.8, 4) is 11.9 Å². The normalized spacial score (nSPS) is 13.9. The average Bonchev–Trinajstić information content (AvgIpc) is 3.40. The quantitative estimate of drug-likeness (QED) is 0.466. The molecule has 1 aromatic carbocycles. The van der Waals surface area contributed by atoms with Gasteiger partial charge >= 0.3 is 5.97 Å². The summed E-state index contributed by atoms with van der Waals surface area (Å²) in [5.74, 6) is 0.240. The van der Waals surface area contributed by atoms with Crippen LogP contribution >= 0.6 is 0 Å². The van der Waals surface area contributed by atoms with Gasteiger partial charge in [-0.05, 0) is 42.7 Å². The second-order valence-electron chi connectivity index (χ2n) is 8.22. The number of nitrogens with zero attached hydrogens (tertiary/aromatic N) is 4. The third-order valence-electron chi connectivity index (χ3n) is 5.70. The second-order valence-corrected chi connectivity index (χ2v) is 10.00. The molecule has 0 spiro atoms. The van der Waals surface area contributed by atoms with Gasteiger partial charge in [0.05, 0.1) is 29.6 Å². The van der Waals surface area contributed by atoms with E-state index in [1.54, 1.807) is 29.1 Å². The molecule has 1 aliphatic heterocycles. The van der Waals surface area contributed by atoms with Gasteiger partial charge in [-0.25, -0.2) is 27.6 Å². The van der Waals surface area contributed by atoms with E-state index >= 15 is 0 Å². The minimum Gasteiger partial charge on any atom is -0.457 e. The Morgan fingerprint density at radius 2 is 2.09 bits per heavy atom. The van der Waals surface area contributed by atoms with E-state index in [4.69, 9.17) is 10.00 Å². The van der Waals surface area contributed by atoms with Crippen molar-refractivity contribution in [1.29, 1.82) is 5.26 Å². The van der Waals surface area contributed by atoms with Gasteiger partial charge in [-0.3, -0.25) is 0 Å². The number of nitriles is 1. The molecular formula is C23H24N6O4S. The summed E-state index contributed by atoms with van der Waals surface area (Å²) in [4.78, 5) is 16.1. The zero-order chi connectivity index (χ0) is 24.5. The van der Waals surface area contributed by atoms with Crippen LogP contribution in [0, 0.1) is 25.2 Å². The highest BCUT2D eigenvalue weighted by Crippen LogP contribution is 2.29. The number of carbonyl (C=O) groups is 1. The maximum Gasteiger partial charge on any atom is 0.338 e. The molecule has 2 aromatic heterocycles. The number of sulfonamides is 1. The van der Waals surface area contributed by atoms with Gasteiger partial charge < -0.3 is 10.1 Å². The van der Waals surface area contributed by atoms with E-state index in [0.717, 1.165) is 34.1 Å². The first-order chi connectivity index (χ1) is 16.2. The number of aryl methyl sites for hydroxylation is 1. The number of rotatable bonds is 8. The highest BCUT2D eigenvalue weighted by molar-refractivity contribution is 7.88. The van der Waals surface area contributed by atoms with Gasteiger partial charge in [-0.2, -0.15) is 10.4 Å². The van der Waals surface area contributed by atoms with Crippen LogP contribution in [0.15, 0.2) is 36.8 Å². The largest absolute Gasteiger partial charge is 0.457 e. The van der Waals surface area contributed by atoms with Gasteiger partial charge in [0, 0.05) is 36.6 Å². The van der Waals surface area contributed by atoms with Crippen LogP contribution in [0.4, 0.5) is 0 Å². The molecule has 0 saturated carbocycles. The molecular weight excluding hydrogens is 456 g/mol. The van der Waals surface area contributed by atoms with Crippen LogP contribution in [-0.2, 0) is 27.9 Å². The van der Waals surface area contributed by atoms with Gasteiger partial charge in [0.2, 0.25) is 10.0 Å². The maximum absolute atomic E-state index is 12.0. The van der Waals surface area contributed by atoms with Crippen molar-refractivity contribution in [2.75, 3.05) is 12.8 Å². The Morgan fingerprint density at radius 1 is 1.29 bits per heavy atom. The minimum absolute atomic E-state index is 0.189. The predicted molar refractivity (Wildman–Crippen MR) is 124 cm³/mol. The summed E-state index contributed by atoms with van der Waals surface area (Å²) in [5, 5.41) is 16.7. The molecule has 0 radical (unpaired) electrons. The smallest absolute Gasteiger partial charge is 0.338 e. The number of nitrogens with one attached hydrogen (secondary N) is 2. The molecule has 0 aliphatic carbocycles. The molecule has 176 valence electrons. The first kappa shape index (κ1) is 23.6. The van der Waals surface area contributed by atoms with E-state index in [1.807, 2.05) is 20.0 Å². The molecule has 34 heavy (non-hydrogen) atoms. The zero-order valence-electron chi connectivity index (χ0n) is 19.0. The fraction of sp³-hybridized carbons (Fsp3) is 0.304. The number of pyridine rings is 1. The molecule has 1 aliphatic rings.